The van der Waals surface area contributed by atoms with Crippen molar-refractivity contribution in [3.8, 4) is 0 Å². The summed E-state index contributed by atoms with van der Waals surface area (Å²) < 4.78 is 0. The zero-order valence-corrected chi connectivity index (χ0v) is 18.4. The summed E-state index contributed by atoms with van der Waals surface area (Å²) in [5.41, 5.74) is 2.10. The Kier molecular flexibility index (Phi) is 11.6. The number of benzene rings is 3. The van der Waals surface area contributed by atoms with Crippen LogP contribution in [-0.2, 0) is 14.4 Å². The Hall–Kier alpha value is -3.97. The van der Waals surface area contributed by atoms with Crippen LogP contribution in [0.15, 0.2) is 91.0 Å². The number of carboxylic acid groups (broad SMARTS) is 3. The zero-order valence-electron chi connectivity index (χ0n) is 18.4. The quantitative estimate of drug-likeness (QED) is 0.431. The molecule has 33 heavy (non-hydrogen) atoms. The molecule has 3 rings (SSSR count). The van der Waals surface area contributed by atoms with Crippen LogP contribution in [0.1, 0.15) is 48.5 Å². The summed E-state index contributed by atoms with van der Waals surface area (Å²) in [7, 11) is 0. The second-order valence-corrected chi connectivity index (χ2v) is 7.09. The monoisotopic (exact) mass is 452 g/mol. The van der Waals surface area contributed by atoms with Gasteiger partial charge in [0.2, 0.25) is 0 Å². The summed E-state index contributed by atoms with van der Waals surface area (Å²) in [4.78, 5) is 31.2. The fourth-order valence-electron chi connectivity index (χ4n) is 2.55. The van der Waals surface area contributed by atoms with Gasteiger partial charge in [0, 0.05) is 0 Å². The average molecular weight is 453 g/mol. The van der Waals surface area contributed by atoms with E-state index in [1.54, 1.807) is 44.2 Å². The van der Waals surface area contributed by atoms with E-state index in [1.807, 2.05) is 60.7 Å². The number of carboxylic acids is 3. The fraction of sp³-hybridized carbons (Fsp3) is 0.192. The standard InChI is InChI=1S/2C9H10O2.C8H8O3/c2*1-7(9(10)11)8-5-3-2-4-6-8;9-7(8(10)11)6-4-2-1-3-5-6/h2*2-7H,1H3,(H,10,11);1-5,7,9H,(H,10,11). The van der Waals surface area contributed by atoms with Crippen molar-refractivity contribution in [1.29, 1.82) is 0 Å². The molecule has 0 heterocycles. The number of carbonyl (C=O) groups is 3. The highest BCUT2D eigenvalue weighted by molar-refractivity contribution is 5.76. The van der Waals surface area contributed by atoms with E-state index in [0.29, 0.717) is 5.56 Å². The highest BCUT2D eigenvalue weighted by Crippen LogP contribution is 2.14. The van der Waals surface area contributed by atoms with Crippen molar-refractivity contribution in [1.82, 2.24) is 0 Å². The molecule has 4 N–H and O–H groups in total. The molecule has 7 heteroatoms. The van der Waals surface area contributed by atoms with Crippen LogP contribution in [0, 0.1) is 0 Å². The fourth-order valence-corrected chi connectivity index (χ4v) is 2.55. The van der Waals surface area contributed by atoms with Gasteiger partial charge in [0.05, 0.1) is 11.8 Å². The first-order chi connectivity index (χ1) is 15.6. The molecule has 0 fully saturated rings. The third-order valence-electron chi connectivity index (χ3n) is 4.69. The van der Waals surface area contributed by atoms with E-state index in [4.69, 9.17) is 20.4 Å². The van der Waals surface area contributed by atoms with Crippen molar-refractivity contribution in [2.45, 2.75) is 31.8 Å². The van der Waals surface area contributed by atoms with Gasteiger partial charge in [0.1, 0.15) is 0 Å². The molecule has 0 aliphatic rings. The average Bonchev–Trinajstić information content (AvgIpc) is 2.84. The van der Waals surface area contributed by atoms with Crippen LogP contribution in [0.3, 0.4) is 0 Å². The minimum absolute atomic E-state index is 0.403. The molecular weight excluding hydrogens is 424 g/mol. The van der Waals surface area contributed by atoms with Crippen LogP contribution in [0.4, 0.5) is 0 Å². The van der Waals surface area contributed by atoms with E-state index in [1.165, 1.54) is 0 Å². The molecule has 7 nitrogen and oxygen atoms in total. The number of aliphatic carboxylic acids is 3. The minimum Gasteiger partial charge on any atom is -0.481 e. The van der Waals surface area contributed by atoms with Crippen LogP contribution in [0.5, 0.6) is 0 Å². The van der Waals surface area contributed by atoms with Crippen LogP contribution in [0.25, 0.3) is 0 Å². The van der Waals surface area contributed by atoms with Crippen molar-refractivity contribution in [3.05, 3.63) is 108 Å². The molecular formula is C26H28O7. The smallest absolute Gasteiger partial charge is 0.337 e. The summed E-state index contributed by atoms with van der Waals surface area (Å²) in [6, 6.07) is 26.6. The molecule has 0 aliphatic heterocycles. The molecule has 3 aromatic rings. The molecule has 3 aromatic carbocycles. The lowest BCUT2D eigenvalue weighted by molar-refractivity contribution is -0.147. The SMILES string of the molecule is CC(C(=O)O)c1ccccc1.CC(C(=O)O)c1ccccc1.O=C(O)C(O)c1ccccc1. The van der Waals surface area contributed by atoms with Gasteiger partial charge in [-0.2, -0.15) is 0 Å². The second-order valence-electron chi connectivity index (χ2n) is 7.09. The Balaban J connectivity index is 0.000000247. The summed E-state index contributed by atoms with van der Waals surface area (Å²) >= 11 is 0. The number of aliphatic hydroxyl groups is 1. The van der Waals surface area contributed by atoms with Crippen molar-refractivity contribution in [2.75, 3.05) is 0 Å². The molecule has 0 bridgehead atoms. The maximum absolute atomic E-state index is 10.5. The third-order valence-corrected chi connectivity index (χ3v) is 4.69. The Morgan fingerprint density at radius 3 is 1.03 bits per heavy atom. The Morgan fingerprint density at radius 2 is 0.788 bits per heavy atom. The minimum atomic E-state index is -1.41. The van der Waals surface area contributed by atoms with E-state index in [9.17, 15) is 14.4 Å². The van der Waals surface area contributed by atoms with Crippen molar-refractivity contribution < 1.29 is 34.8 Å². The van der Waals surface area contributed by atoms with Crippen LogP contribution >= 0.6 is 0 Å². The predicted molar refractivity (Wildman–Crippen MR) is 124 cm³/mol. The number of rotatable bonds is 6. The van der Waals surface area contributed by atoms with Crippen LogP contribution in [-0.4, -0.2) is 38.3 Å². The van der Waals surface area contributed by atoms with E-state index in [2.05, 4.69) is 0 Å². The molecule has 3 unspecified atom stereocenters. The Bertz CT molecular complexity index is 857. The predicted octanol–water partition coefficient (Wildman–Crippen LogP) is 4.55. The van der Waals surface area contributed by atoms with Gasteiger partial charge in [-0.3, -0.25) is 9.59 Å². The van der Waals surface area contributed by atoms with Gasteiger partial charge in [0.25, 0.3) is 0 Å². The molecule has 3 atom stereocenters. The molecule has 0 aliphatic carbocycles. The Labute approximate surface area is 192 Å². The second kappa shape index (κ2) is 14.2. The first-order valence-corrected chi connectivity index (χ1v) is 10.2. The normalized spacial score (nSPS) is 12.5. The van der Waals surface area contributed by atoms with Crippen molar-refractivity contribution >= 4 is 17.9 Å². The molecule has 0 aromatic heterocycles. The van der Waals surface area contributed by atoms with E-state index < -0.39 is 35.8 Å². The lowest BCUT2D eigenvalue weighted by atomic mass is 10.0. The van der Waals surface area contributed by atoms with E-state index in [0.717, 1.165) is 11.1 Å². The summed E-state index contributed by atoms with van der Waals surface area (Å²) in [5.74, 6) is -3.60. The van der Waals surface area contributed by atoms with Gasteiger partial charge < -0.3 is 20.4 Å². The van der Waals surface area contributed by atoms with E-state index >= 15 is 0 Å². The van der Waals surface area contributed by atoms with Crippen molar-refractivity contribution in [2.24, 2.45) is 0 Å². The molecule has 0 saturated carbocycles. The van der Waals surface area contributed by atoms with Gasteiger partial charge in [-0.1, -0.05) is 91.0 Å². The molecule has 0 radical (unpaired) electrons. The van der Waals surface area contributed by atoms with Gasteiger partial charge in [-0.25, -0.2) is 4.79 Å². The van der Waals surface area contributed by atoms with Gasteiger partial charge in [-0.15, -0.1) is 0 Å². The topological polar surface area (TPSA) is 132 Å². The van der Waals surface area contributed by atoms with Gasteiger partial charge >= 0.3 is 17.9 Å². The van der Waals surface area contributed by atoms with Crippen LogP contribution in [0.2, 0.25) is 0 Å². The van der Waals surface area contributed by atoms with E-state index in [-0.39, 0.29) is 0 Å². The third kappa shape index (κ3) is 9.80. The summed E-state index contributed by atoms with van der Waals surface area (Å²) in [5, 5.41) is 34.7. The molecule has 0 spiro atoms. The lowest BCUT2D eigenvalue weighted by Crippen LogP contribution is -2.09. The number of aliphatic hydroxyl groups excluding tert-OH is 1. The number of hydrogen-bond acceptors (Lipinski definition) is 4. The van der Waals surface area contributed by atoms with Gasteiger partial charge in [0.15, 0.2) is 6.10 Å². The summed E-state index contributed by atoms with van der Waals surface area (Å²) in [6.45, 7) is 3.36. The Morgan fingerprint density at radius 1 is 0.515 bits per heavy atom. The highest BCUT2D eigenvalue weighted by Gasteiger charge is 2.14. The lowest BCUT2D eigenvalue weighted by Gasteiger charge is -2.04. The highest BCUT2D eigenvalue weighted by atomic mass is 16.4. The van der Waals surface area contributed by atoms with Crippen LogP contribution < -0.4 is 0 Å². The molecule has 0 amide bonds. The van der Waals surface area contributed by atoms with Gasteiger partial charge in [-0.05, 0) is 30.5 Å². The largest absolute Gasteiger partial charge is 0.481 e. The molecule has 174 valence electrons. The maximum Gasteiger partial charge on any atom is 0.337 e. The zero-order chi connectivity index (χ0) is 24.8. The first-order valence-electron chi connectivity index (χ1n) is 10.2. The molecule has 0 saturated heterocycles. The maximum atomic E-state index is 10.5. The van der Waals surface area contributed by atoms with Crippen molar-refractivity contribution in [3.63, 3.8) is 0 Å². The first kappa shape index (κ1) is 27.1. The summed E-state index contributed by atoms with van der Waals surface area (Å²) in [6.07, 6.45) is -1.41. The number of hydrogen-bond donors (Lipinski definition) is 4.